The van der Waals surface area contributed by atoms with Crippen LogP contribution in [0.2, 0.25) is 26.2 Å². The molecule has 0 spiro atoms. The fraction of sp³-hybridized carbons (Fsp3) is 0.243. The van der Waals surface area contributed by atoms with Crippen molar-refractivity contribution < 1.29 is 9.47 Å². The van der Waals surface area contributed by atoms with Crippen molar-refractivity contribution in [1.82, 2.24) is 0 Å². The van der Waals surface area contributed by atoms with E-state index in [1.807, 2.05) is 12.1 Å². The maximum atomic E-state index is 6.28. The van der Waals surface area contributed by atoms with Crippen molar-refractivity contribution in [1.29, 1.82) is 0 Å². The van der Waals surface area contributed by atoms with E-state index in [1.165, 1.54) is 21.5 Å². The lowest BCUT2D eigenvalue weighted by Crippen LogP contribution is -2.39. The number of benzene rings is 4. The molecule has 212 valence electrons. The molecule has 0 amide bonds. The van der Waals surface area contributed by atoms with E-state index in [1.54, 1.807) is 0 Å². The highest BCUT2D eigenvalue weighted by Gasteiger charge is 2.31. The zero-order valence-electron chi connectivity index (χ0n) is 25.5. The van der Waals surface area contributed by atoms with Gasteiger partial charge in [-0.15, -0.1) is 13.2 Å². The van der Waals surface area contributed by atoms with E-state index in [-0.39, 0.29) is 5.41 Å². The molecule has 4 rings (SSSR count). The molecular formula is C37H44O2Si2. The van der Waals surface area contributed by atoms with Gasteiger partial charge in [0, 0.05) is 5.41 Å². The topological polar surface area (TPSA) is 18.5 Å². The summed E-state index contributed by atoms with van der Waals surface area (Å²) in [7, 11) is -3.30. The minimum absolute atomic E-state index is 0.0872. The second-order valence-electron chi connectivity index (χ2n) is 11.9. The van der Waals surface area contributed by atoms with Crippen LogP contribution in [0.25, 0.3) is 0 Å². The van der Waals surface area contributed by atoms with Gasteiger partial charge in [0.1, 0.15) is 39.1 Å². The second-order valence-corrected chi connectivity index (χ2v) is 20.8. The summed E-state index contributed by atoms with van der Waals surface area (Å²) >= 11 is 0. The smallest absolute Gasteiger partial charge is 0.127 e. The van der Waals surface area contributed by atoms with Crippen molar-refractivity contribution >= 4 is 26.5 Å². The maximum absolute atomic E-state index is 6.28. The predicted molar refractivity (Wildman–Crippen MR) is 182 cm³/mol. The summed E-state index contributed by atoms with van der Waals surface area (Å²) in [5, 5.41) is 2.64. The van der Waals surface area contributed by atoms with Crippen LogP contribution in [-0.4, -0.2) is 16.1 Å². The van der Waals surface area contributed by atoms with E-state index in [0.29, 0.717) is 0 Å². The third kappa shape index (κ3) is 6.66. The minimum Gasteiger partial charge on any atom is -0.457 e. The lowest BCUT2D eigenvalue weighted by molar-refractivity contribution is 0.465. The Morgan fingerprint density at radius 3 is 1.24 bits per heavy atom. The van der Waals surface area contributed by atoms with Crippen LogP contribution in [0.3, 0.4) is 0 Å². The predicted octanol–water partition coefficient (Wildman–Crippen LogP) is 9.66. The zero-order valence-corrected chi connectivity index (χ0v) is 27.5. The summed E-state index contributed by atoms with van der Waals surface area (Å²) in [4.78, 5) is 0. The molecule has 0 heterocycles. The molecule has 41 heavy (non-hydrogen) atoms. The monoisotopic (exact) mass is 576 g/mol. The van der Waals surface area contributed by atoms with Crippen LogP contribution >= 0.6 is 0 Å². The molecule has 0 atom stereocenters. The Bertz CT molecular complexity index is 1370. The Hall–Kier alpha value is -3.61. The first kappa shape index (κ1) is 30.4. The molecule has 4 heteroatoms. The van der Waals surface area contributed by atoms with Gasteiger partial charge >= 0.3 is 0 Å². The SMILES string of the molecule is C=C[Si](C)(C)c1cccc(Oc2ccc(C(CC)(CC)c3ccc(Oc4cccc([Si](C)(C)C=C)c4)cc3)cc2)c1. The van der Waals surface area contributed by atoms with Crippen LogP contribution in [-0.2, 0) is 5.41 Å². The third-order valence-electron chi connectivity index (χ3n) is 8.67. The average molecular weight is 577 g/mol. The van der Waals surface area contributed by atoms with Crippen LogP contribution in [0.1, 0.15) is 37.8 Å². The summed E-state index contributed by atoms with van der Waals surface area (Å²) < 4.78 is 12.6. The van der Waals surface area contributed by atoms with Crippen LogP contribution in [0.5, 0.6) is 23.0 Å². The summed E-state index contributed by atoms with van der Waals surface area (Å²) in [5.74, 6) is 3.43. The second kappa shape index (κ2) is 12.5. The van der Waals surface area contributed by atoms with Gasteiger partial charge in [-0.1, -0.05) is 110 Å². The number of hydrogen-bond acceptors (Lipinski definition) is 2. The fourth-order valence-electron chi connectivity index (χ4n) is 5.35. The lowest BCUT2D eigenvalue weighted by Gasteiger charge is -2.33. The van der Waals surface area contributed by atoms with Crippen molar-refractivity contribution in [2.75, 3.05) is 0 Å². The highest BCUT2D eigenvalue weighted by molar-refractivity contribution is 6.94. The Labute approximate surface area is 249 Å². The van der Waals surface area contributed by atoms with E-state index in [2.05, 4.69) is 150 Å². The molecule has 0 radical (unpaired) electrons. The van der Waals surface area contributed by atoms with Crippen molar-refractivity contribution in [2.45, 2.75) is 58.3 Å². The maximum Gasteiger partial charge on any atom is 0.127 e. The van der Waals surface area contributed by atoms with Gasteiger partial charge in [0.15, 0.2) is 0 Å². The first-order valence-electron chi connectivity index (χ1n) is 14.6. The summed E-state index contributed by atoms with van der Waals surface area (Å²) in [6.45, 7) is 21.8. The van der Waals surface area contributed by atoms with Gasteiger partial charge < -0.3 is 9.47 Å². The Kier molecular flexibility index (Phi) is 9.25. The van der Waals surface area contributed by atoms with Gasteiger partial charge in [-0.05, 0) is 72.5 Å². The highest BCUT2D eigenvalue weighted by Crippen LogP contribution is 2.40. The van der Waals surface area contributed by atoms with E-state index < -0.39 is 16.1 Å². The molecule has 0 bridgehead atoms. The molecule has 0 saturated heterocycles. The largest absolute Gasteiger partial charge is 0.457 e. The molecule has 2 nitrogen and oxygen atoms in total. The zero-order chi connectivity index (χ0) is 29.7. The van der Waals surface area contributed by atoms with Crippen LogP contribution < -0.4 is 19.8 Å². The lowest BCUT2D eigenvalue weighted by atomic mass is 9.70. The van der Waals surface area contributed by atoms with Crippen molar-refractivity contribution in [3.8, 4) is 23.0 Å². The average Bonchev–Trinajstić information content (AvgIpc) is 3.00. The van der Waals surface area contributed by atoms with E-state index in [4.69, 9.17) is 9.47 Å². The van der Waals surface area contributed by atoms with Gasteiger partial charge in [-0.25, -0.2) is 0 Å². The third-order valence-corrected chi connectivity index (χ3v) is 14.3. The van der Waals surface area contributed by atoms with Gasteiger partial charge in [0.25, 0.3) is 0 Å². The first-order valence-corrected chi connectivity index (χ1v) is 20.8. The molecule has 0 aliphatic carbocycles. The van der Waals surface area contributed by atoms with Crippen LogP contribution in [0.4, 0.5) is 0 Å². The van der Waals surface area contributed by atoms with Crippen LogP contribution in [0.15, 0.2) is 122 Å². The van der Waals surface area contributed by atoms with Gasteiger partial charge in [-0.3, -0.25) is 0 Å². The molecule has 0 aliphatic heterocycles. The van der Waals surface area contributed by atoms with E-state index in [0.717, 1.165) is 35.8 Å². The molecule has 4 aromatic rings. The standard InChI is InChI=1S/C37H44O2Si2/c1-9-37(10-2,29-19-23-31(24-20-29)38-33-15-13-17-35(27-33)40(5,6)11-3)30-21-25-32(26-22-30)39-34-16-14-18-36(28-34)41(7,8)12-4/h11-28H,3-4,9-10H2,1-2,5-8H3. The molecule has 4 aromatic carbocycles. The highest BCUT2D eigenvalue weighted by atomic mass is 28.3. The fourth-order valence-corrected chi connectivity index (χ4v) is 7.90. The number of ether oxygens (including phenoxy) is 2. The molecule has 0 saturated carbocycles. The van der Waals surface area contributed by atoms with E-state index >= 15 is 0 Å². The Balaban J connectivity index is 1.54. The van der Waals surface area contributed by atoms with Gasteiger partial charge in [0.2, 0.25) is 0 Å². The Morgan fingerprint density at radius 2 is 0.927 bits per heavy atom. The normalized spacial score (nSPS) is 12.0. The quantitative estimate of drug-likeness (QED) is 0.156. The van der Waals surface area contributed by atoms with Crippen LogP contribution in [0, 0.1) is 0 Å². The molecule has 0 aliphatic rings. The van der Waals surface area contributed by atoms with Gasteiger partial charge in [0.05, 0.1) is 0 Å². The van der Waals surface area contributed by atoms with Crippen molar-refractivity contribution in [2.24, 2.45) is 0 Å². The molecule has 0 unspecified atom stereocenters. The van der Waals surface area contributed by atoms with Crippen molar-refractivity contribution in [3.05, 3.63) is 133 Å². The number of rotatable bonds is 12. The van der Waals surface area contributed by atoms with Crippen molar-refractivity contribution in [3.63, 3.8) is 0 Å². The summed E-state index contributed by atoms with van der Waals surface area (Å²) in [5.41, 5.74) is 6.72. The molecule has 0 aromatic heterocycles. The first-order chi connectivity index (χ1) is 19.6. The molecule has 0 fully saturated rings. The molecular weight excluding hydrogens is 533 g/mol. The summed E-state index contributed by atoms with van der Waals surface area (Å²) in [6.07, 6.45) is 1.99. The molecule has 0 N–H and O–H groups in total. The number of hydrogen-bond donors (Lipinski definition) is 0. The van der Waals surface area contributed by atoms with Gasteiger partial charge in [-0.2, -0.15) is 0 Å². The van der Waals surface area contributed by atoms with E-state index in [9.17, 15) is 0 Å². The Morgan fingerprint density at radius 1 is 0.561 bits per heavy atom. The minimum atomic E-state index is -1.65. The summed E-state index contributed by atoms with van der Waals surface area (Å²) in [6, 6.07) is 34.1.